The topological polar surface area (TPSA) is 66.7 Å². The molecule has 0 aliphatic heterocycles. The Morgan fingerprint density at radius 2 is 1.69 bits per heavy atom. The number of aromatic nitrogens is 2. The Bertz CT molecular complexity index is 1110. The summed E-state index contributed by atoms with van der Waals surface area (Å²) >= 11 is 11.9. The summed E-state index contributed by atoms with van der Waals surface area (Å²) in [5.41, 5.74) is 12.7. The van der Waals surface area contributed by atoms with E-state index in [1.54, 1.807) is 18.3 Å². The minimum absolute atomic E-state index is 0.393. The molecule has 0 radical (unpaired) electrons. The SMILES string of the molecule is CCc1c(C)[nH]c2ccccc12.Cc1cc(Nc2cc(Cl)c(N)c(Cl)c2)ccn1. The Kier molecular flexibility index (Phi) is 6.68. The zero-order valence-electron chi connectivity index (χ0n) is 16.7. The smallest absolute Gasteiger partial charge is 0.0694 e. The number of pyridine rings is 1. The summed E-state index contributed by atoms with van der Waals surface area (Å²) in [6.07, 6.45) is 2.84. The van der Waals surface area contributed by atoms with E-state index in [0.29, 0.717) is 15.7 Å². The van der Waals surface area contributed by atoms with E-state index < -0.39 is 0 Å². The number of nitrogen functional groups attached to an aromatic ring is 1. The van der Waals surface area contributed by atoms with Gasteiger partial charge in [0, 0.05) is 39.9 Å². The fourth-order valence-electron chi connectivity index (χ4n) is 3.24. The van der Waals surface area contributed by atoms with Gasteiger partial charge in [-0.3, -0.25) is 4.98 Å². The van der Waals surface area contributed by atoms with Crippen LogP contribution < -0.4 is 11.1 Å². The molecule has 4 rings (SSSR count). The largest absolute Gasteiger partial charge is 0.396 e. The summed E-state index contributed by atoms with van der Waals surface area (Å²) in [5.74, 6) is 0. The second-order valence-electron chi connectivity index (χ2n) is 6.79. The van der Waals surface area contributed by atoms with Gasteiger partial charge < -0.3 is 16.0 Å². The average Bonchev–Trinajstić information content (AvgIpc) is 3.01. The maximum atomic E-state index is 5.95. The number of aryl methyl sites for hydroxylation is 3. The highest BCUT2D eigenvalue weighted by Crippen LogP contribution is 2.32. The molecule has 2 aromatic carbocycles. The molecule has 2 heterocycles. The predicted molar refractivity (Wildman–Crippen MR) is 126 cm³/mol. The molecule has 0 aliphatic rings. The molecule has 0 amide bonds. The van der Waals surface area contributed by atoms with Crippen LogP contribution in [0.25, 0.3) is 10.9 Å². The highest BCUT2D eigenvalue weighted by Gasteiger charge is 2.05. The van der Waals surface area contributed by atoms with Crippen molar-refractivity contribution in [2.75, 3.05) is 11.1 Å². The number of benzene rings is 2. The van der Waals surface area contributed by atoms with Gasteiger partial charge >= 0.3 is 0 Å². The van der Waals surface area contributed by atoms with E-state index in [2.05, 4.69) is 53.4 Å². The summed E-state index contributed by atoms with van der Waals surface area (Å²) in [5, 5.41) is 5.43. The van der Waals surface area contributed by atoms with Crippen LogP contribution in [-0.4, -0.2) is 9.97 Å². The number of nitrogens with zero attached hydrogens (tertiary/aromatic N) is 1. The molecule has 150 valence electrons. The first-order valence-corrected chi connectivity index (χ1v) is 10.1. The number of H-pyrrole nitrogens is 1. The summed E-state index contributed by atoms with van der Waals surface area (Å²) in [6.45, 7) is 6.26. The number of anilines is 3. The molecular weight excluding hydrogens is 403 g/mol. The predicted octanol–water partition coefficient (Wildman–Crippen LogP) is 7.06. The van der Waals surface area contributed by atoms with Crippen LogP contribution in [0.4, 0.5) is 17.1 Å². The minimum Gasteiger partial charge on any atom is -0.396 e. The van der Waals surface area contributed by atoms with Crippen LogP contribution >= 0.6 is 23.2 Å². The van der Waals surface area contributed by atoms with Crippen LogP contribution in [0, 0.1) is 13.8 Å². The molecule has 0 fully saturated rings. The molecule has 0 aliphatic carbocycles. The van der Waals surface area contributed by atoms with Gasteiger partial charge in [-0.25, -0.2) is 0 Å². The monoisotopic (exact) mass is 426 g/mol. The van der Waals surface area contributed by atoms with Crippen LogP contribution in [0.2, 0.25) is 10.0 Å². The zero-order valence-corrected chi connectivity index (χ0v) is 18.2. The number of fused-ring (bicyclic) bond motifs is 1. The molecule has 0 atom stereocenters. The lowest BCUT2D eigenvalue weighted by atomic mass is 10.1. The number of nitrogens with two attached hydrogens (primary N) is 1. The molecule has 6 heteroatoms. The third-order valence-electron chi connectivity index (χ3n) is 4.64. The van der Waals surface area contributed by atoms with Gasteiger partial charge in [0.2, 0.25) is 0 Å². The molecule has 2 aromatic heterocycles. The minimum atomic E-state index is 0.393. The van der Waals surface area contributed by atoms with Gasteiger partial charge in [0.05, 0.1) is 15.7 Å². The average molecular weight is 427 g/mol. The first-order chi connectivity index (χ1) is 13.9. The van der Waals surface area contributed by atoms with Gasteiger partial charge in [-0.15, -0.1) is 0 Å². The number of aromatic amines is 1. The normalized spacial score (nSPS) is 10.5. The van der Waals surface area contributed by atoms with Crippen molar-refractivity contribution in [3.8, 4) is 0 Å². The van der Waals surface area contributed by atoms with Crippen molar-refractivity contribution in [1.29, 1.82) is 0 Å². The second-order valence-corrected chi connectivity index (χ2v) is 7.61. The standard InChI is InChI=1S/C12H11Cl2N3.C11H13N/c1-7-4-8(2-3-16-7)17-9-5-10(13)12(15)11(14)6-9;1-3-9-8(2)12-11-7-5-4-6-10(9)11/h2-6H,15H2,1H3,(H,16,17);4-7,12H,3H2,1-2H3. The molecule has 0 saturated heterocycles. The Morgan fingerprint density at radius 3 is 2.34 bits per heavy atom. The van der Waals surface area contributed by atoms with Crippen molar-refractivity contribution < 1.29 is 0 Å². The van der Waals surface area contributed by atoms with Crippen molar-refractivity contribution in [3.05, 3.63) is 81.7 Å². The molecule has 4 nitrogen and oxygen atoms in total. The van der Waals surface area contributed by atoms with Crippen LogP contribution in [0.1, 0.15) is 23.9 Å². The van der Waals surface area contributed by atoms with Gasteiger partial charge in [-0.2, -0.15) is 0 Å². The molecule has 0 spiro atoms. The van der Waals surface area contributed by atoms with E-state index in [4.69, 9.17) is 28.9 Å². The molecule has 29 heavy (non-hydrogen) atoms. The van der Waals surface area contributed by atoms with Crippen molar-refractivity contribution in [1.82, 2.24) is 9.97 Å². The van der Waals surface area contributed by atoms with E-state index in [1.807, 2.05) is 19.1 Å². The van der Waals surface area contributed by atoms with Crippen molar-refractivity contribution >= 4 is 51.2 Å². The summed E-state index contributed by atoms with van der Waals surface area (Å²) in [7, 11) is 0. The van der Waals surface area contributed by atoms with E-state index >= 15 is 0 Å². The van der Waals surface area contributed by atoms with Crippen molar-refractivity contribution in [2.45, 2.75) is 27.2 Å². The van der Waals surface area contributed by atoms with E-state index in [1.165, 1.54) is 22.2 Å². The van der Waals surface area contributed by atoms with Gasteiger partial charge in [0.25, 0.3) is 0 Å². The lowest BCUT2D eigenvalue weighted by molar-refractivity contribution is 1.11. The Balaban J connectivity index is 0.000000176. The number of hydrogen-bond acceptors (Lipinski definition) is 3. The van der Waals surface area contributed by atoms with Gasteiger partial charge in [0.1, 0.15) is 0 Å². The van der Waals surface area contributed by atoms with Crippen LogP contribution in [0.3, 0.4) is 0 Å². The Morgan fingerprint density at radius 1 is 1.00 bits per heavy atom. The lowest BCUT2D eigenvalue weighted by Crippen LogP contribution is -1.94. The number of nitrogens with one attached hydrogen (secondary N) is 2. The summed E-state index contributed by atoms with van der Waals surface area (Å²) in [4.78, 5) is 7.50. The van der Waals surface area contributed by atoms with Crippen molar-refractivity contribution in [3.63, 3.8) is 0 Å². The maximum Gasteiger partial charge on any atom is 0.0694 e. The molecule has 0 bridgehead atoms. The molecule has 0 saturated carbocycles. The molecule has 0 unspecified atom stereocenters. The quantitative estimate of drug-likeness (QED) is 0.307. The zero-order chi connectivity index (χ0) is 21.0. The number of para-hydroxylation sites is 1. The maximum absolute atomic E-state index is 5.95. The molecular formula is C23H24Cl2N4. The van der Waals surface area contributed by atoms with E-state index in [0.717, 1.165) is 23.5 Å². The van der Waals surface area contributed by atoms with E-state index in [9.17, 15) is 0 Å². The second kappa shape index (κ2) is 9.21. The highest BCUT2D eigenvalue weighted by molar-refractivity contribution is 6.39. The molecule has 4 N–H and O–H groups in total. The lowest BCUT2D eigenvalue weighted by Gasteiger charge is -2.09. The third kappa shape index (κ3) is 5.03. The van der Waals surface area contributed by atoms with E-state index in [-0.39, 0.29) is 0 Å². The Hall–Kier alpha value is -2.69. The van der Waals surface area contributed by atoms with Gasteiger partial charge in [-0.1, -0.05) is 48.3 Å². The molecule has 4 aromatic rings. The first-order valence-electron chi connectivity index (χ1n) is 9.39. The summed E-state index contributed by atoms with van der Waals surface area (Å²) < 4.78 is 0. The fraction of sp³-hybridized carbons (Fsp3) is 0.174. The fourth-order valence-corrected chi connectivity index (χ4v) is 3.72. The van der Waals surface area contributed by atoms with Gasteiger partial charge in [-0.05, 0) is 56.2 Å². The number of hydrogen-bond donors (Lipinski definition) is 3. The number of halogens is 2. The van der Waals surface area contributed by atoms with Crippen LogP contribution in [0.5, 0.6) is 0 Å². The third-order valence-corrected chi connectivity index (χ3v) is 5.27. The Labute approximate surface area is 181 Å². The van der Waals surface area contributed by atoms with Crippen LogP contribution in [-0.2, 0) is 6.42 Å². The van der Waals surface area contributed by atoms with Crippen LogP contribution in [0.15, 0.2) is 54.7 Å². The number of rotatable bonds is 3. The summed E-state index contributed by atoms with van der Waals surface area (Å²) in [6, 6.07) is 15.7. The van der Waals surface area contributed by atoms with Gasteiger partial charge in [0.15, 0.2) is 0 Å². The highest BCUT2D eigenvalue weighted by atomic mass is 35.5. The first kappa shape index (κ1) is 21.0. The van der Waals surface area contributed by atoms with Crippen molar-refractivity contribution in [2.24, 2.45) is 0 Å².